The Hall–Kier alpha value is -9.05. The Bertz CT molecular complexity index is 3690. The predicted molar refractivity (Wildman–Crippen MR) is 382 cm³/mol. The van der Waals surface area contributed by atoms with E-state index in [1.54, 1.807) is 26.2 Å². The number of unbranched alkanes of at least 4 members (excludes halogenated alkanes) is 2. The van der Waals surface area contributed by atoms with Crippen LogP contribution in [0, 0.1) is 49.4 Å². The number of benzene rings is 4. The number of carbonyl (C=O) groups excluding carboxylic acids is 11. The summed E-state index contributed by atoms with van der Waals surface area (Å²) in [6.07, 6.45) is 9.63. The van der Waals surface area contributed by atoms with Gasteiger partial charge in [-0.2, -0.15) is 0 Å². The Morgan fingerprint density at radius 2 is 1.24 bits per heavy atom. The van der Waals surface area contributed by atoms with Crippen LogP contribution in [-0.4, -0.2) is 122 Å². The molecule has 0 bridgehead atoms. The minimum absolute atomic E-state index is 0.00218. The molecule has 0 radical (unpaired) electrons. The van der Waals surface area contributed by atoms with Crippen molar-refractivity contribution in [1.82, 2.24) is 41.1 Å². The molecule has 99 heavy (non-hydrogen) atoms. The monoisotopic (exact) mass is 1370 g/mol. The molecule has 1 aliphatic rings. The van der Waals surface area contributed by atoms with Crippen molar-refractivity contribution in [1.29, 1.82) is 0 Å². The van der Waals surface area contributed by atoms with Gasteiger partial charge in [0.05, 0.1) is 35.9 Å². The van der Waals surface area contributed by atoms with Crippen LogP contribution in [-0.2, 0) is 71.7 Å². The Labute approximate surface area is 584 Å². The zero-order valence-corrected chi connectivity index (χ0v) is 59.4. The first-order chi connectivity index (χ1) is 47.3. The molecular weight excluding hydrogens is 1270 g/mol. The van der Waals surface area contributed by atoms with Crippen LogP contribution in [0.25, 0.3) is 10.9 Å². The van der Waals surface area contributed by atoms with Crippen molar-refractivity contribution in [2.45, 2.75) is 203 Å². The zero-order valence-electron chi connectivity index (χ0n) is 58.6. The third kappa shape index (κ3) is 24.1. The zero-order chi connectivity index (χ0) is 71.9. The van der Waals surface area contributed by atoms with E-state index in [-0.39, 0.29) is 110 Å². The molecule has 7 amide bonds. The molecule has 8 atom stereocenters. The highest BCUT2D eigenvalue weighted by atomic mass is 32.2. The predicted octanol–water partition coefficient (Wildman–Crippen LogP) is 9.40. The van der Waals surface area contributed by atoms with Crippen molar-refractivity contribution in [3.63, 3.8) is 0 Å². The molecule has 0 unspecified atom stereocenters. The maximum absolute atomic E-state index is 14.6. The van der Waals surface area contributed by atoms with E-state index < -0.39 is 89.7 Å². The van der Waals surface area contributed by atoms with Gasteiger partial charge in [-0.15, -0.1) is 0 Å². The maximum atomic E-state index is 14.6. The van der Waals surface area contributed by atoms with E-state index >= 15 is 0 Å². The van der Waals surface area contributed by atoms with E-state index in [4.69, 9.17) is 11.5 Å². The van der Waals surface area contributed by atoms with Crippen LogP contribution in [0.1, 0.15) is 170 Å². The summed E-state index contributed by atoms with van der Waals surface area (Å²) in [5.41, 5.74) is 16.2. The van der Waals surface area contributed by atoms with Gasteiger partial charge in [0.1, 0.15) is 17.9 Å². The summed E-state index contributed by atoms with van der Waals surface area (Å²) in [5.74, 6) is -7.53. The van der Waals surface area contributed by atoms with Crippen molar-refractivity contribution in [3.8, 4) is 0 Å². The van der Waals surface area contributed by atoms with Gasteiger partial charge in [-0.3, -0.25) is 52.7 Å². The number of H-pyrrole nitrogens is 2. The molecule has 1 fully saturated rings. The lowest BCUT2D eigenvalue weighted by Gasteiger charge is -2.29. The Kier molecular flexibility index (Phi) is 29.5. The quantitative estimate of drug-likeness (QED) is 0.0101. The highest BCUT2D eigenvalue weighted by molar-refractivity contribution is 7.97. The number of Topliss-reactive ketones (excluding diaryl/α,β-unsaturated/α-hetero) is 4. The number of hydrogen-bond donors (Lipinski definition) is 8. The fraction of sp³-hybridized carbons (Fsp3) is 0.481. The minimum atomic E-state index is -1.20. The number of nitrogens with one attached hydrogen (secondary N) is 6. The molecule has 4 aromatic carbocycles. The second-order valence-corrected chi connectivity index (χ2v) is 29.5. The van der Waals surface area contributed by atoms with Gasteiger partial charge in [0.15, 0.2) is 32.0 Å². The molecule has 10 N–H and O–H groups in total. The van der Waals surface area contributed by atoms with Crippen molar-refractivity contribution < 1.29 is 52.7 Å². The molecule has 22 heteroatoms. The Balaban J connectivity index is 0.936. The first-order valence-corrected chi connectivity index (χ1v) is 36.1. The lowest BCUT2D eigenvalue weighted by atomic mass is 9.82. The molecule has 21 nitrogen and oxygen atoms in total. The summed E-state index contributed by atoms with van der Waals surface area (Å²) in [6, 6.07) is 28.2. The number of hydrogen-bond acceptors (Lipinski definition) is 12. The number of para-hydroxylation sites is 1. The second kappa shape index (κ2) is 37.8. The number of nitrogens with two attached hydrogens (primary N) is 2. The van der Waals surface area contributed by atoms with E-state index in [0.717, 1.165) is 40.0 Å². The van der Waals surface area contributed by atoms with Gasteiger partial charge in [-0.1, -0.05) is 114 Å². The van der Waals surface area contributed by atoms with Crippen LogP contribution in [0.2, 0.25) is 0 Å². The summed E-state index contributed by atoms with van der Waals surface area (Å²) >= 11 is 0. The summed E-state index contributed by atoms with van der Waals surface area (Å²) in [6.45, 7) is 12.6. The Morgan fingerprint density at radius 3 is 1.84 bits per heavy atom. The molecule has 0 aliphatic heterocycles. The fourth-order valence-electron chi connectivity index (χ4n) is 12.4. The second-order valence-electron chi connectivity index (χ2n) is 27.5. The SMILES string of the molecule is CC[C@H](C)[C@@H](CCC(=O)N[C@@H](CC1CC1)C(N)=O)CC(=O)[C@H](Cc1cnc[nH]1)NC(=O)CN(C)C(=O)[C@@H](NC(=O)[C@H](C)CC(=O)[C@H](Cc1c[nH]c2ccccc12)NC(=O)[C@H](CCC(N)=O)CC(=O)CCCCCC(=O)c1ccc([S+](c2ccc(C)cc2)c2ccc(C)cc2)cc1)C(C)C. The van der Waals surface area contributed by atoms with Gasteiger partial charge in [0, 0.05) is 111 Å². The number of rotatable bonds is 43. The third-order valence-electron chi connectivity index (χ3n) is 18.9. The Morgan fingerprint density at radius 1 is 0.636 bits per heavy atom. The van der Waals surface area contributed by atoms with Gasteiger partial charge in [-0.25, -0.2) is 4.98 Å². The first kappa shape index (κ1) is 77.3. The number of aromatic nitrogens is 3. The van der Waals surface area contributed by atoms with Crippen molar-refractivity contribution in [3.05, 3.63) is 144 Å². The highest BCUT2D eigenvalue weighted by Gasteiger charge is 2.36. The highest BCUT2D eigenvalue weighted by Crippen LogP contribution is 2.35. The van der Waals surface area contributed by atoms with E-state index in [0.29, 0.717) is 54.8 Å². The number of likely N-dealkylation sites (N-methyl/N-ethyl adjacent to an activating group) is 1. The van der Waals surface area contributed by atoms with Gasteiger partial charge in [0.2, 0.25) is 41.4 Å². The summed E-state index contributed by atoms with van der Waals surface area (Å²) in [4.78, 5) is 165. The number of amides is 7. The van der Waals surface area contributed by atoms with Crippen LogP contribution < -0.4 is 32.7 Å². The minimum Gasteiger partial charge on any atom is -0.370 e. The van der Waals surface area contributed by atoms with Gasteiger partial charge in [-0.05, 0) is 130 Å². The molecule has 1 saturated carbocycles. The molecule has 2 heterocycles. The van der Waals surface area contributed by atoms with E-state index in [1.807, 2.05) is 62.4 Å². The number of ketones is 4. The maximum Gasteiger partial charge on any atom is 0.245 e. The molecule has 0 spiro atoms. The van der Waals surface area contributed by atoms with Crippen molar-refractivity contribution >= 4 is 86.3 Å². The largest absolute Gasteiger partial charge is 0.370 e. The molecule has 7 rings (SSSR count). The topological polar surface area (TPSA) is 336 Å². The number of primary amides is 2. The van der Waals surface area contributed by atoms with Crippen LogP contribution in [0.4, 0.5) is 0 Å². The molecule has 2 aromatic heterocycles. The molecule has 0 saturated heterocycles. The lowest BCUT2D eigenvalue weighted by molar-refractivity contribution is -0.140. The third-order valence-corrected chi connectivity index (χ3v) is 21.1. The van der Waals surface area contributed by atoms with Crippen LogP contribution in [0.5, 0.6) is 0 Å². The van der Waals surface area contributed by atoms with Crippen LogP contribution in [0.3, 0.4) is 0 Å². The van der Waals surface area contributed by atoms with Gasteiger partial charge < -0.3 is 47.6 Å². The van der Waals surface area contributed by atoms with Crippen molar-refractivity contribution in [2.75, 3.05) is 13.6 Å². The van der Waals surface area contributed by atoms with E-state index in [2.05, 4.69) is 98.6 Å². The van der Waals surface area contributed by atoms with Gasteiger partial charge >= 0.3 is 0 Å². The number of fused-ring (bicyclic) bond motifs is 1. The number of aromatic amines is 2. The summed E-state index contributed by atoms with van der Waals surface area (Å²) < 4.78 is 0. The number of nitrogens with zero attached hydrogens (tertiary/aromatic N) is 2. The smallest absolute Gasteiger partial charge is 0.245 e. The number of imidazole rings is 1. The molecule has 6 aromatic rings. The number of aryl methyl sites for hydroxylation is 2. The lowest BCUT2D eigenvalue weighted by Crippen LogP contribution is -2.54. The number of carbonyl (C=O) groups is 11. The summed E-state index contributed by atoms with van der Waals surface area (Å²) in [5, 5.41) is 12.1. The van der Waals surface area contributed by atoms with Crippen LogP contribution >= 0.6 is 0 Å². The molecule has 1 aliphatic carbocycles. The average molecular weight is 1370 g/mol. The first-order valence-electron chi connectivity index (χ1n) is 34.9. The normalized spacial score (nSPS) is 14.6. The van der Waals surface area contributed by atoms with Gasteiger partial charge in [0.25, 0.3) is 0 Å². The van der Waals surface area contributed by atoms with E-state index in [1.165, 1.54) is 41.2 Å². The molecular formula is C77H101N10O11S+. The van der Waals surface area contributed by atoms with Crippen LogP contribution in [0.15, 0.2) is 130 Å². The molecule has 530 valence electrons. The fourth-order valence-corrected chi connectivity index (χ4v) is 14.4. The standard InChI is InChI=1S/C77H100N10O11S/c1-9-50(6)54(28-36-71(93)84-66(74(79)95)38-52-23-24-52)41-69(91)65(42-57-44-80-46-82-57)83-72(94)45-87(8)77(98)73(47(2)3)86-75(96)51(7)37-68(90)64(40-56-43-81-63-17-14-13-16-62(56)63)85-76(97)55(27-35-70(78)92)39-58(88)15-11-10-12-18-67(89)53-25-33-61(34-26-53)99(59-29-19-48(4)20-30-59)60-31-21-49(5)22-32-60/h13-14,16-17,19-22,25-26,29-34,43-44,46-47,50-52,54-55,64-66,73,81H,9-12,15,18,23-24,27-28,35-42,45H2,1-8H3,(H8-,78,79,80,82,83,84,85,86,92,93,94,95,96,97)/p+1/t50-,51+,54-,55+,64-,65-,66-,73-/m0/s1. The summed E-state index contributed by atoms with van der Waals surface area (Å²) in [7, 11) is 1.04. The van der Waals surface area contributed by atoms with E-state index in [9.17, 15) is 52.7 Å². The van der Waals surface area contributed by atoms with Crippen molar-refractivity contribution in [2.24, 2.45) is 47.0 Å². The average Bonchev–Trinajstić information content (AvgIpc) is 1.78.